The minimum Gasteiger partial charge on any atom is -0.495 e. The lowest BCUT2D eigenvalue weighted by Gasteiger charge is -2.10. The largest absolute Gasteiger partial charge is 0.495 e. The SMILES string of the molecule is COc1ccc(NC(=O)c2cc(Br)cn2C2CC2)cc1Cl. The lowest BCUT2D eigenvalue weighted by Crippen LogP contribution is -2.16. The molecule has 1 aliphatic carbocycles. The molecule has 1 aromatic carbocycles. The molecule has 4 nitrogen and oxygen atoms in total. The summed E-state index contributed by atoms with van der Waals surface area (Å²) >= 11 is 9.49. The third-order valence-electron chi connectivity index (χ3n) is 3.40. The highest BCUT2D eigenvalue weighted by Crippen LogP contribution is 2.37. The summed E-state index contributed by atoms with van der Waals surface area (Å²) in [7, 11) is 1.56. The van der Waals surface area contributed by atoms with Crippen LogP contribution in [0.5, 0.6) is 5.75 Å². The fourth-order valence-corrected chi connectivity index (χ4v) is 2.92. The first kappa shape index (κ1) is 14.5. The first-order valence-corrected chi connectivity index (χ1v) is 7.78. The van der Waals surface area contributed by atoms with Gasteiger partial charge in [0.15, 0.2) is 0 Å². The molecule has 1 fully saturated rings. The Morgan fingerprint density at radius 3 is 2.81 bits per heavy atom. The van der Waals surface area contributed by atoms with Crippen LogP contribution < -0.4 is 10.1 Å². The number of carbonyl (C=O) groups excluding carboxylic acids is 1. The highest BCUT2D eigenvalue weighted by molar-refractivity contribution is 9.10. The Kier molecular flexibility index (Phi) is 3.95. The Hall–Kier alpha value is -1.46. The summed E-state index contributed by atoms with van der Waals surface area (Å²) in [5, 5.41) is 3.33. The van der Waals surface area contributed by atoms with Gasteiger partial charge in [-0.2, -0.15) is 0 Å². The summed E-state index contributed by atoms with van der Waals surface area (Å²) in [6.45, 7) is 0. The first-order valence-electron chi connectivity index (χ1n) is 6.61. The maximum absolute atomic E-state index is 12.4. The van der Waals surface area contributed by atoms with Crippen molar-refractivity contribution in [3.05, 3.63) is 45.7 Å². The molecule has 21 heavy (non-hydrogen) atoms. The van der Waals surface area contributed by atoms with Gasteiger partial charge >= 0.3 is 0 Å². The van der Waals surface area contributed by atoms with E-state index in [-0.39, 0.29) is 5.91 Å². The number of aromatic nitrogens is 1. The van der Waals surface area contributed by atoms with Gasteiger partial charge in [-0.05, 0) is 53.0 Å². The maximum atomic E-state index is 12.4. The zero-order valence-electron chi connectivity index (χ0n) is 11.4. The fourth-order valence-electron chi connectivity index (χ4n) is 2.22. The molecular weight excluding hydrogens is 356 g/mol. The van der Waals surface area contributed by atoms with Gasteiger partial charge in [0, 0.05) is 22.4 Å². The Morgan fingerprint density at radius 1 is 1.43 bits per heavy atom. The summed E-state index contributed by atoms with van der Waals surface area (Å²) < 4.78 is 8.02. The molecule has 0 saturated heterocycles. The quantitative estimate of drug-likeness (QED) is 0.862. The highest BCUT2D eigenvalue weighted by Gasteiger charge is 2.27. The first-order chi connectivity index (χ1) is 10.1. The zero-order valence-corrected chi connectivity index (χ0v) is 13.7. The van der Waals surface area contributed by atoms with Crippen LogP contribution in [-0.4, -0.2) is 17.6 Å². The number of ether oxygens (including phenoxy) is 1. The van der Waals surface area contributed by atoms with Crippen LogP contribution in [0.25, 0.3) is 0 Å². The van der Waals surface area contributed by atoms with Crippen molar-refractivity contribution in [3.8, 4) is 5.75 Å². The van der Waals surface area contributed by atoms with Crippen LogP contribution >= 0.6 is 27.5 Å². The molecule has 2 aromatic rings. The smallest absolute Gasteiger partial charge is 0.272 e. The molecule has 0 atom stereocenters. The van der Waals surface area contributed by atoms with E-state index in [1.807, 2.05) is 16.8 Å². The normalized spacial score (nSPS) is 14.0. The predicted octanol–water partition coefficient (Wildman–Crippen LogP) is 4.50. The van der Waals surface area contributed by atoms with E-state index in [2.05, 4.69) is 21.2 Å². The van der Waals surface area contributed by atoms with Gasteiger partial charge in [0.05, 0.1) is 12.1 Å². The number of amides is 1. The number of anilines is 1. The van der Waals surface area contributed by atoms with E-state index < -0.39 is 0 Å². The molecule has 1 amide bonds. The van der Waals surface area contributed by atoms with Crippen molar-refractivity contribution in [2.45, 2.75) is 18.9 Å². The van der Waals surface area contributed by atoms with Crippen LogP contribution in [-0.2, 0) is 0 Å². The lowest BCUT2D eigenvalue weighted by atomic mass is 10.3. The van der Waals surface area contributed by atoms with Crippen LogP contribution in [0.3, 0.4) is 0 Å². The van der Waals surface area contributed by atoms with E-state index in [9.17, 15) is 4.79 Å². The number of nitrogens with zero attached hydrogens (tertiary/aromatic N) is 1. The van der Waals surface area contributed by atoms with E-state index in [4.69, 9.17) is 16.3 Å². The summed E-state index contributed by atoms with van der Waals surface area (Å²) in [4.78, 5) is 12.4. The Labute approximate surface area is 136 Å². The molecule has 3 rings (SSSR count). The number of nitrogens with one attached hydrogen (secondary N) is 1. The molecule has 1 aromatic heterocycles. The van der Waals surface area contributed by atoms with Gasteiger partial charge < -0.3 is 14.6 Å². The van der Waals surface area contributed by atoms with Gasteiger partial charge in [-0.25, -0.2) is 0 Å². The van der Waals surface area contributed by atoms with E-state index >= 15 is 0 Å². The van der Waals surface area contributed by atoms with Crippen molar-refractivity contribution in [2.24, 2.45) is 0 Å². The van der Waals surface area contributed by atoms with Crippen molar-refractivity contribution >= 4 is 39.1 Å². The standard InChI is InChI=1S/C15H14BrClN2O2/c1-21-14-5-2-10(7-12(14)17)18-15(20)13-6-9(16)8-19(13)11-3-4-11/h2,5-8,11H,3-4H2,1H3,(H,18,20). The number of halogens is 2. The van der Waals surface area contributed by atoms with Crippen LogP contribution in [0, 0.1) is 0 Å². The summed E-state index contributed by atoms with van der Waals surface area (Å²) in [6, 6.07) is 7.45. The Morgan fingerprint density at radius 2 is 2.19 bits per heavy atom. The van der Waals surface area contributed by atoms with E-state index in [1.54, 1.807) is 25.3 Å². The number of hydrogen-bond acceptors (Lipinski definition) is 2. The van der Waals surface area contributed by atoms with E-state index in [0.29, 0.717) is 28.2 Å². The minimum absolute atomic E-state index is 0.145. The molecule has 110 valence electrons. The van der Waals surface area contributed by atoms with E-state index in [0.717, 1.165) is 17.3 Å². The third kappa shape index (κ3) is 3.09. The van der Waals surface area contributed by atoms with Crippen molar-refractivity contribution in [3.63, 3.8) is 0 Å². The topological polar surface area (TPSA) is 43.3 Å². The molecule has 6 heteroatoms. The van der Waals surface area contributed by atoms with Gasteiger partial charge in [-0.15, -0.1) is 0 Å². The van der Waals surface area contributed by atoms with Crippen molar-refractivity contribution < 1.29 is 9.53 Å². The number of methoxy groups -OCH3 is 1. The molecular formula is C15H14BrClN2O2. The summed E-state index contributed by atoms with van der Waals surface area (Å²) in [6.07, 6.45) is 4.19. The van der Waals surface area contributed by atoms with Gasteiger partial charge in [-0.3, -0.25) is 4.79 Å². The monoisotopic (exact) mass is 368 g/mol. The molecule has 0 aliphatic heterocycles. The number of benzene rings is 1. The van der Waals surface area contributed by atoms with Gasteiger partial charge in [0.1, 0.15) is 11.4 Å². The molecule has 1 saturated carbocycles. The molecule has 0 unspecified atom stereocenters. The Bertz CT molecular complexity index is 695. The second kappa shape index (κ2) is 5.73. The molecule has 1 heterocycles. The highest BCUT2D eigenvalue weighted by atomic mass is 79.9. The minimum atomic E-state index is -0.145. The third-order valence-corrected chi connectivity index (χ3v) is 4.13. The lowest BCUT2D eigenvalue weighted by molar-refractivity contribution is 0.101. The van der Waals surface area contributed by atoms with Crippen LogP contribution in [0.2, 0.25) is 5.02 Å². The summed E-state index contributed by atoms with van der Waals surface area (Å²) in [5.74, 6) is 0.438. The van der Waals surface area contributed by atoms with Crippen LogP contribution in [0.1, 0.15) is 29.4 Å². The Balaban J connectivity index is 1.81. The van der Waals surface area contributed by atoms with Crippen molar-refractivity contribution in [1.29, 1.82) is 0 Å². The van der Waals surface area contributed by atoms with Crippen LogP contribution in [0.4, 0.5) is 5.69 Å². The molecule has 1 N–H and O–H groups in total. The number of rotatable bonds is 4. The fraction of sp³-hybridized carbons (Fsp3) is 0.267. The second-order valence-corrected chi connectivity index (χ2v) is 6.31. The van der Waals surface area contributed by atoms with Gasteiger partial charge in [0.2, 0.25) is 0 Å². The average molecular weight is 370 g/mol. The number of carbonyl (C=O) groups is 1. The molecule has 1 aliphatic rings. The molecule has 0 spiro atoms. The van der Waals surface area contributed by atoms with Gasteiger partial charge in [0.25, 0.3) is 5.91 Å². The molecule has 0 radical (unpaired) electrons. The van der Waals surface area contributed by atoms with Crippen molar-refractivity contribution in [2.75, 3.05) is 12.4 Å². The number of hydrogen-bond donors (Lipinski definition) is 1. The van der Waals surface area contributed by atoms with Crippen LogP contribution in [0.15, 0.2) is 34.9 Å². The maximum Gasteiger partial charge on any atom is 0.272 e. The summed E-state index contributed by atoms with van der Waals surface area (Å²) in [5.41, 5.74) is 1.29. The predicted molar refractivity (Wildman–Crippen MR) is 86.4 cm³/mol. The zero-order chi connectivity index (χ0) is 15.0. The van der Waals surface area contributed by atoms with E-state index in [1.165, 1.54) is 0 Å². The van der Waals surface area contributed by atoms with Crippen molar-refractivity contribution in [1.82, 2.24) is 4.57 Å². The molecule has 0 bridgehead atoms. The second-order valence-electron chi connectivity index (χ2n) is 4.99. The van der Waals surface area contributed by atoms with Gasteiger partial charge in [-0.1, -0.05) is 11.6 Å². The average Bonchev–Trinajstić information content (AvgIpc) is 3.21.